The predicted octanol–water partition coefficient (Wildman–Crippen LogP) is 1.39. The van der Waals surface area contributed by atoms with Crippen LogP contribution in [0.1, 0.15) is 31.4 Å². The molecule has 0 spiro atoms. The molecule has 1 aromatic heterocycles. The van der Waals surface area contributed by atoms with Gasteiger partial charge in [-0.3, -0.25) is 9.78 Å². The number of piperidine rings is 1. The van der Waals surface area contributed by atoms with E-state index in [1.54, 1.807) is 13.1 Å². The fourth-order valence-electron chi connectivity index (χ4n) is 2.22. The lowest BCUT2D eigenvalue weighted by molar-refractivity contribution is -0.145. The van der Waals surface area contributed by atoms with Gasteiger partial charge in [0.1, 0.15) is 5.54 Å². The molecule has 0 aliphatic carbocycles. The molecule has 0 radical (unpaired) electrons. The average Bonchev–Trinajstić information content (AvgIpc) is 2.30. The van der Waals surface area contributed by atoms with Crippen LogP contribution in [0.4, 0.5) is 0 Å². The molecule has 1 aliphatic rings. The number of aliphatic carboxylic acids is 1. The smallest absolute Gasteiger partial charge is 0.323 e. The molecule has 2 unspecified atom stereocenters. The number of carboxylic acid groups (broad SMARTS) is 1. The van der Waals surface area contributed by atoms with E-state index in [-0.39, 0.29) is 5.92 Å². The molecule has 0 bridgehead atoms. The van der Waals surface area contributed by atoms with Crippen molar-refractivity contribution in [2.24, 2.45) is 0 Å². The molecule has 2 N–H and O–H groups in total. The zero-order chi connectivity index (χ0) is 11.6. The summed E-state index contributed by atoms with van der Waals surface area (Å²) in [6, 6.07) is 5.79. The van der Waals surface area contributed by atoms with Gasteiger partial charge in [0.25, 0.3) is 0 Å². The minimum absolute atomic E-state index is 0.239. The summed E-state index contributed by atoms with van der Waals surface area (Å²) in [5.74, 6) is -0.545. The van der Waals surface area contributed by atoms with Crippen LogP contribution < -0.4 is 5.32 Å². The summed E-state index contributed by atoms with van der Waals surface area (Å²) < 4.78 is 0. The van der Waals surface area contributed by atoms with Crippen molar-refractivity contribution < 1.29 is 9.90 Å². The Bertz CT molecular complexity index is 380. The van der Waals surface area contributed by atoms with Gasteiger partial charge in [-0.25, -0.2) is 0 Å². The lowest BCUT2D eigenvalue weighted by atomic mass is 9.81. The number of aromatic nitrogens is 1. The topological polar surface area (TPSA) is 62.2 Å². The van der Waals surface area contributed by atoms with Gasteiger partial charge < -0.3 is 10.4 Å². The Labute approximate surface area is 94.7 Å². The van der Waals surface area contributed by atoms with Gasteiger partial charge in [0.05, 0.1) is 0 Å². The van der Waals surface area contributed by atoms with Gasteiger partial charge in [-0.2, -0.15) is 0 Å². The molecule has 0 aromatic carbocycles. The van der Waals surface area contributed by atoms with E-state index in [0.717, 1.165) is 18.7 Å². The minimum atomic E-state index is -0.819. The molecule has 2 rings (SSSR count). The molecule has 0 amide bonds. The van der Waals surface area contributed by atoms with Crippen molar-refractivity contribution in [2.75, 3.05) is 6.54 Å². The third-order valence-electron chi connectivity index (χ3n) is 3.24. The van der Waals surface area contributed by atoms with Gasteiger partial charge in [-0.1, -0.05) is 6.07 Å². The fraction of sp³-hybridized carbons (Fsp3) is 0.500. The second kappa shape index (κ2) is 4.22. The molecule has 1 aliphatic heterocycles. The SMILES string of the molecule is CC1(C(=O)O)CC(c2ccccn2)CCN1. The molecule has 4 heteroatoms. The zero-order valence-electron chi connectivity index (χ0n) is 9.31. The first-order chi connectivity index (χ1) is 7.62. The summed E-state index contributed by atoms with van der Waals surface area (Å²) in [7, 11) is 0. The van der Waals surface area contributed by atoms with Crippen molar-refractivity contribution in [3.63, 3.8) is 0 Å². The summed E-state index contributed by atoms with van der Waals surface area (Å²) in [6.07, 6.45) is 3.30. The monoisotopic (exact) mass is 220 g/mol. The number of nitrogens with one attached hydrogen (secondary N) is 1. The number of rotatable bonds is 2. The maximum atomic E-state index is 11.2. The first-order valence-corrected chi connectivity index (χ1v) is 5.51. The summed E-state index contributed by atoms with van der Waals surface area (Å²) in [5, 5.41) is 12.2. The van der Waals surface area contributed by atoms with Crippen LogP contribution in [0, 0.1) is 0 Å². The highest BCUT2D eigenvalue weighted by Gasteiger charge is 2.39. The molecule has 4 nitrogen and oxygen atoms in total. The Hall–Kier alpha value is -1.42. The van der Waals surface area contributed by atoms with Crippen LogP contribution in [0.25, 0.3) is 0 Å². The Balaban J connectivity index is 2.17. The van der Waals surface area contributed by atoms with Crippen LogP contribution in [0.3, 0.4) is 0 Å². The Morgan fingerprint density at radius 1 is 1.62 bits per heavy atom. The molecule has 2 heterocycles. The third kappa shape index (κ3) is 2.07. The molecular weight excluding hydrogens is 204 g/mol. The quantitative estimate of drug-likeness (QED) is 0.790. The second-order valence-electron chi connectivity index (χ2n) is 4.51. The van der Waals surface area contributed by atoms with Crippen LogP contribution in [0.5, 0.6) is 0 Å². The summed E-state index contributed by atoms with van der Waals surface area (Å²) in [5.41, 5.74) is 0.178. The summed E-state index contributed by atoms with van der Waals surface area (Å²) in [6.45, 7) is 2.47. The molecule has 1 saturated heterocycles. The fourth-order valence-corrected chi connectivity index (χ4v) is 2.22. The van der Waals surface area contributed by atoms with Gasteiger partial charge in [-0.15, -0.1) is 0 Å². The van der Waals surface area contributed by atoms with Crippen LogP contribution in [-0.2, 0) is 4.79 Å². The molecular formula is C12H16N2O2. The van der Waals surface area contributed by atoms with Crippen molar-refractivity contribution in [2.45, 2.75) is 31.2 Å². The van der Waals surface area contributed by atoms with Crippen LogP contribution in [-0.4, -0.2) is 28.1 Å². The number of pyridine rings is 1. The van der Waals surface area contributed by atoms with E-state index in [1.807, 2.05) is 18.2 Å². The normalized spacial score (nSPS) is 29.9. The number of carbonyl (C=O) groups is 1. The Morgan fingerprint density at radius 3 is 3.06 bits per heavy atom. The third-order valence-corrected chi connectivity index (χ3v) is 3.24. The lowest BCUT2D eigenvalue weighted by Gasteiger charge is -2.35. The Kier molecular flexibility index (Phi) is 2.92. The first kappa shape index (κ1) is 11.1. The van der Waals surface area contributed by atoms with E-state index in [2.05, 4.69) is 10.3 Å². The summed E-state index contributed by atoms with van der Waals surface area (Å²) in [4.78, 5) is 15.5. The zero-order valence-corrected chi connectivity index (χ0v) is 9.31. The average molecular weight is 220 g/mol. The lowest BCUT2D eigenvalue weighted by Crippen LogP contribution is -2.54. The largest absolute Gasteiger partial charge is 0.480 e. The van der Waals surface area contributed by atoms with Gasteiger partial charge in [0.15, 0.2) is 0 Å². The highest BCUT2D eigenvalue weighted by atomic mass is 16.4. The maximum absolute atomic E-state index is 11.2. The number of nitrogens with zero attached hydrogens (tertiary/aromatic N) is 1. The van der Waals surface area contributed by atoms with Gasteiger partial charge >= 0.3 is 5.97 Å². The van der Waals surface area contributed by atoms with Gasteiger partial charge in [-0.05, 0) is 38.4 Å². The van der Waals surface area contributed by atoms with E-state index in [9.17, 15) is 9.90 Å². The molecule has 86 valence electrons. The van der Waals surface area contributed by atoms with E-state index in [4.69, 9.17) is 0 Å². The maximum Gasteiger partial charge on any atom is 0.323 e. The number of hydrogen-bond acceptors (Lipinski definition) is 3. The van der Waals surface area contributed by atoms with Gasteiger partial charge in [0, 0.05) is 17.8 Å². The first-order valence-electron chi connectivity index (χ1n) is 5.51. The van der Waals surface area contributed by atoms with E-state index in [1.165, 1.54) is 0 Å². The molecule has 1 fully saturated rings. The van der Waals surface area contributed by atoms with Crippen LogP contribution >= 0.6 is 0 Å². The van der Waals surface area contributed by atoms with Crippen molar-refractivity contribution in [3.05, 3.63) is 30.1 Å². The van der Waals surface area contributed by atoms with Gasteiger partial charge in [0.2, 0.25) is 0 Å². The van der Waals surface area contributed by atoms with Crippen molar-refractivity contribution >= 4 is 5.97 Å². The van der Waals surface area contributed by atoms with E-state index < -0.39 is 11.5 Å². The van der Waals surface area contributed by atoms with Crippen LogP contribution in [0.2, 0.25) is 0 Å². The highest BCUT2D eigenvalue weighted by Crippen LogP contribution is 2.31. The standard InChI is InChI=1S/C12H16N2O2/c1-12(11(15)16)8-9(5-7-14-12)10-4-2-3-6-13-10/h2-4,6,9,14H,5,7-8H2,1H3,(H,15,16). The van der Waals surface area contributed by atoms with Crippen molar-refractivity contribution in [3.8, 4) is 0 Å². The number of carboxylic acids is 1. The summed E-state index contributed by atoms with van der Waals surface area (Å²) >= 11 is 0. The number of hydrogen-bond donors (Lipinski definition) is 2. The van der Waals surface area contributed by atoms with E-state index >= 15 is 0 Å². The molecule has 16 heavy (non-hydrogen) atoms. The molecule has 2 atom stereocenters. The molecule has 0 saturated carbocycles. The predicted molar refractivity (Wildman–Crippen MR) is 60.3 cm³/mol. The molecule has 1 aromatic rings. The van der Waals surface area contributed by atoms with Crippen molar-refractivity contribution in [1.82, 2.24) is 10.3 Å². The highest BCUT2D eigenvalue weighted by molar-refractivity contribution is 5.78. The van der Waals surface area contributed by atoms with Crippen LogP contribution in [0.15, 0.2) is 24.4 Å². The van der Waals surface area contributed by atoms with Crippen molar-refractivity contribution in [1.29, 1.82) is 0 Å². The van der Waals surface area contributed by atoms with E-state index in [0.29, 0.717) is 6.42 Å². The minimum Gasteiger partial charge on any atom is -0.480 e. The Morgan fingerprint density at radius 2 is 2.44 bits per heavy atom. The second-order valence-corrected chi connectivity index (χ2v) is 4.51.